The molecule has 1 aromatic carbocycles. The number of amides is 1. The van der Waals surface area contributed by atoms with Gasteiger partial charge in [-0.25, -0.2) is 4.79 Å². The highest BCUT2D eigenvalue weighted by molar-refractivity contribution is 8.00. The minimum absolute atomic E-state index is 0.0681. The molecule has 0 aliphatic carbocycles. The molecule has 6 heteroatoms. The molecule has 0 aromatic heterocycles. The summed E-state index contributed by atoms with van der Waals surface area (Å²) in [4.78, 5) is 25.6. The zero-order valence-electron chi connectivity index (χ0n) is 12.2. The average Bonchev–Trinajstić information content (AvgIpc) is 2.85. The Morgan fingerprint density at radius 2 is 2.19 bits per heavy atom. The molecule has 1 aromatic rings. The van der Waals surface area contributed by atoms with Crippen LogP contribution in [0.2, 0.25) is 0 Å². The lowest BCUT2D eigenvalue weighted by Gasteiger charge is -2.27. The lowest BCUT2D eigenvalue weighted by atomic mass is 10.1. The van der Waals surface area contributed by atoms with Crippen molar-refractivity contribution >= 4 is 29.3 Å². The Labute approximate surface area is 128 Å². The Morgan fingerprint density at radius 3 is 2.76 bits per heavy atom. The summed E-state index contributed by atoms with van der Waals surface area (Å²) in [6, 6.07) is 4.33. The second kappa shape index (κ2) is 6.39. The van der Waals surface area contributed by atoms with Gasteiger partial charge in [-0.05, 0) is 37.1 Å². The Kier molecular flexibility index (Phi) is 4.77. The largest absolute Gasteiger partial charge is 0.480 e. The van der Waals surface area contributed by atoms with Gasteiger partial charge in [-0.3, -0.25) is 4.79 Å². The summed E-state index contributed by atoms with van der Waals surface area (Å²) in [7, 11) is 0. The molecule has 3 N–H and O–H groups in total. The van der Waals surface area contributed by atoms with Gasteiger partial charge >= 0.3 is 5.97 Å². The predicted octanol–water partition coefficient (Wildman–Crippen LogP) is 2.35. The minimum Gasteiger partial charge on any atom is -0.480 e. The molecule has 1 saturated heterocycles. The zero-order valence-corrected chi connectivity index (χ0v) is 13.0. The molecule has 2 atom stereocenters. The minimum atomic E-state index is -0.943. The van der Waals surface area contributed by atoms with Crippen LogP contribution in [-0.4, -0.2) is 39.1 Å². The molecule has 1 heterocycles. The third-order valence-electron chi connectivity index (χ3n) is 3.66. The summed E-state index contributed by atoms with van der Waals surface area (Å²) in [6.45, 7) is 3.87. The fraction of sp³-hybridized carbons (Fsp3) is 0.467. The van der Waals surface area contributed by atoms with E-state index in [0.29, 0.717) is 17.0 Å². The van der Waals surface area contributed by atoms with Gasteiger partial charge in [0, 0.05) is 17.0 Å². The Balaban J connectivity index is 2.31. The molecule has 21 heavy (non-hydrogen) atoms. The number of rotatable bonds is 4. The number of nitrogen functional groups attached to an aromatic ring is 1. The summed E-state index contributed by atoms with van der Waals surface area (Å²) >= 11 is 1.54. The van der Waals surface area contributed by atoms with Gasteiger partial charge in [0.05, 0.1) is 5.37 Å². The van der Waals surface area contributed by atoms with Crippen molar-refractivity contribution in [1.29, 1.82) is 0 Å². The van der Waals surface area contributed by atoms with E-state index in [1.54, 1.807) is 30.0 Å². The quantitative estimate of drug-likeness (QED) is 0.834. The first-order valence-corrected chi connectivity index (χ1v) is 8.03. The van der Waals surface area contributed by atoms with Gasteiger partial charge in [-0.1, -0.05) is 13.3 Å². The highest BCUT2D eigenvalue weighted by atomic mass is 32.2. The van der Waals surface area contributed by atoms with Crippen LogP contribution < -0.4 is 5.73 Å². The molecule has 0 spiro atoms. The van der Waals surface area contributed by atoms with Crippen LogP contribution in [0.1, 0.15) is 35.7 Å². The van der Waals surface area contributed by atoms with E-state index in [2.05, 4.69) is 0 Å². The van der Waals surface area contributed by atoms with Crippen molar-refractivity contribution in [3.05, 3.63) is 29.3 Å². The number of aryl methyl sites for hydroxylation is 1. The lowest BCUT2D eigenvalue weighted by molar-refractivity contribution is -0.141. The number of hydrogen-bond acceptors (Lipinski definition) is 4. The van der Waals surface area contributed by atoms with Crippen molar-refractivity contribution in [3.8, 4) is 0 Å². The Bertz CT molecular complexity index is 562. The van der Waals surface area contributed by atoms with Crippen molar-refractivity contribution in [1.82, 2.24) is 4.90 Å². The molecule has 2 rings (SSSR count). The second-order valence-corrected chi connectivity index (χ2v) is 6.43. The van der Waals surface area contributed by atoms with Crippen LogP contribution in [0.25, 0.3) is 0 Å². The zero-order chi connectivity index (χ0) is 15.6. The van der Waals surface area contributed by atoms with Crippen LogP contribution in [0, 0.1) is 6.92 Å². The number of carbonyl (C=O) groups excluding carboxylic acids is 1. The number of aliphatic carboxylic acids is 1. The van der Waals surface area contributed by atoms with Crippen molar-refractivity contribution in [2.24, 2.45) is 0 Å². The molecule has 1 amide bonds. The molecule has 0 bridgehead atoms. The van der Waals surface area contributed by atoms with Crippen molar-refractivity contribution < 1.29 is 14.7 Å². The van der Waals surface area contributed by atoms with E-state index < -0.39 is 12.0 Å². The van der Waals surface area contributed by atoms with Crippen LogP contribution in [0.3, 0.4) is 0 Å². The van der Waals surface area contributed by atoms with E-state index in [1.165, 1.54) is 4.90 Å². The molecular weight excluding hydrogens is 288 g/mol. The van der Waals surface area contributed by atoms with Gasteiger partial charge in [0.2, 0.25) is 0 Å². The van der Waals surface area contributed by atoms with Gasteiger partial charge in [-0.2, -0.15) is 0 Å². The van der Waals surface area contributed by atoms with Gasteiger partial charge in [0.15, 0.2) is 0 Å². The first-order chi connectivity index (χ1) is 9.95. The molecule has 1 fully saturated rings. The predicted molar refractivity (Wildman–Crippen MR) is 84.3 cm³/mol. The summed E-state index contributed by atoms with van der Waals surface area (Å²) in [6.07, 6.45) is 1.71. The number of thioether (sulfide) groups is 1. The summed E-state index contributed by atoms with van der Waals surface area (Å²) in [5.41, 5.74) is 7.72. The second-order valence-electron chi connectivity index (χ2n) is 5.21. The molecule has 5 nitrogen and oxygen atoms in total. The molecular formula is C15H20N2O3S. The maximum atomic E-state index is 12.7. The number of nitrogens with two attached hydrogens (primary N) is 1. The van der Waals surface area contributed by atoms with Crippen LogP contribution >= 0.6 is 11.8 Å². The van der Waals surface area contributed by atoms with E-state index in [0.717, 1.165) is 18.4 Å². The molecule has 1 aliphatic rings. The van der Waals surface area contributed by atoms with E-state index in [4.69, 9.17) is 5.73 Å². The van der Waals surface area contributed by atoms with E-state index >= 15 is 0 Å². The SMILES string of the molecule is CCCC1SCC(C(=O)O)N1C(=O)c1ccc(N)c(C)c1. The smallest absolute Gasteiger partial charge is 0.327 e. The van der Waals surface area contributed by atoms with E-state index in [9.17, 15) is 14.7 Å². The normalized spacial score (nSPS) is 21.5. The number of anilines is 1. The molecule has 2 unspecified atom stereocenters. The fourth-order valence-electron chi connectivity index (χ4n) is 2.45. The molecule has 0 radical (unpaired) electrons. The summed E-state index contributed by atoms with van der Waals surface area (Å²) < 4.78 is 0. The van der Waals surface area contributed by atoms with Gasteiger partial charge < -0.3 is 15.7 Å². The summed E-state index contributed by atoms with van der Waals surface area (Å²) in [5.74, 6) is -0.727. The Morgan fingerprint density at radius 1 is 1.48 bits per heavy atom. The first-order valence-electron chi connectivity index (χ1n) is 6.99. The molecule has 1 aliphatic heterocycles. The first kappa shape index (κ1) is 15.7. The number of carboxylic acids is 1. The van der Waals surface area contributed by atoms with E-state index in [-0.39, 0.29) is 11.3 Å². The monoisotopic (exact) mass is 308 g/mol. The number of carbonyl (C=O) groups is 2. The molecule has 0 saturated carbocycles. The maximum absolute atomic E-state index is 12.7. The van der Waals surface area contributed by atoms with Gasteiger partial charge in [0.25, 0.3) is 5.91 Å². The highest BCUT2D eigenvalue weighted by Crippen LogP contribution is 2.33. The van der Waals surface area contributed by atoms with Crippen LogP contribution in [0.5, 0.6) is 0 Å². The van der Waals surface area contributed by atoms with Gasteiger partial charge in [0.1, 0.15) is 6.04 Å². The summed E-state index contributed by atoms with van der Waals surface area (Å²) in [5, 5.41) is 9.27. The fourth-order valence-corrected chi connectivity index (χ4v) is 3.97. The lowest BCUT2D eigenvalue weighted by Crippen LogP contribution is -2.45. The van der Waals surface area contributed by atoms with Crippen molar-refractivity contribution in [2.45, 2.75) is 38.1 Å². The standard InChI is InChI=1S/C15H20N2O3S/c1-3-4-13-17(12(8-21-13)15(19)20)14(18)10-5-6-11(16)9(2)7-10/h5-7,12-13H,3-4,8,16H2,1-2H3,(H,19,20). The van der Waals surface area contributed by atoms with Crippen molar-refractivity contribution in [2.75, 3.05) is 11.5 Å². The third-order valence-corrected chi connectivity index (χ3v) is 5.02. The van der Waals surface area contributed by atoms with Crippen LogP contribution in [-0.2, 0) is 4.79 Å². The van der Waals surface area contributed by atoms with Gasteiger partial charge in [-0.15, -0.1) is 11.8 Å². The van der Waals surface area contributed by atoms with E-state index in [1.807, 2.05) is 13.8 Å². The number of nitrogens with zero attached hydrogens (tertiary/aromatic N) is 1. The number of hydrogen-bond donors (Lipinski definition) is 2. The average molecular weight is 308 g/mol. The number of benzene rings is 1. The van der Waals surface area contributed by atoms with Crippen LogP contribution in [0.4, 0.5) is 5.69 Å². The Hall–Kier alpha value is -1.69. The maximum Gasteiger partial charge on any atom is 0.327 e. The highest BCUT2D eigenvalue weighted by Gasteiger charge is 2.41. The third kappa shape index (κ3) is 3.15. The topological polar surface area (TPSA) is 83.6 Å². The van der Waals surface area contributed by atoms with Crippen LogP contribution in [0.15, 0.2) is 18.2 Å². The number of carboxylic acid groups (broad SMARTS) is 1. The molecule has 114 valence electrons. The van der Waals surface area contributed by atoms with Crippen molar-refractivity contribution in [3.63, 3.8) is 0 Å².